The van der Waals surface area contributed by atoms with Crippen LogP contribution in [0.15, 0.2) is 29.2 Å². The highest BCUT2D eigenvalue weighted by Crippen LogP contribution is 2.23. The van der Waals surface area contributed by atoms with Crippen LogP contribution in [-0.2, 0) is 0 Å². The van der Waals surface area contributed by atoms with E-state index in [1.54, 1.807) is 6.07 Å². The van der Waals surface area contributed by atoms with Crippen LogP contribution in [-0.4, -0.2) is 22.4 Å². The lowest BCUT2D eigenvalue weighted by molar-refractivity contribution is 0.474. The van der Waals surface area contributed by atoms with E-state index in [9.17, 15) is 5.11 Å². The van der Waals surface area contributed by atoms with Crippen molar-refractivity contribution >= 4 is 23.5 Å². The summed E-state index contributed by atoms with van der Waals surface area (Å²) >= 11 is 3.93. The van der Waals surface area contributed by atoms with Crippen molar-refractivity contribution in [1.82, 2.24) is 0 Å². The van der Waals surface area contributed by atoms with E-state index in [-0.39, 0.29) is 0 Å². The van der Waals surface area contributed by atoms with Crippen LogP contribution in [0.4, 0.5) is 0 Å². The molecule has 1 aromatic rings. The fraction of sp³-hybridized carbons (Fsp3) is 0.647. The molecule has 0 radical (unpaired) electrons. The van der Waals surface area contributed by atoms with Gasteiger partial charge in [0.05, 0.1) is 0 Å². The van der Waals surface area contributed by atoms with Gasteiger partial charge in [-0.1, -0.05) is 45.1 Å². The summed E-state index contributed by atoms with van der Waals surface area (Å²) in [5, 5.41) is 9.37. The Labute approximate surface area is 132 Å². The molecule has 1 N–H and O–H groups in total. The van der Waals surface area contributed by atoms with Crippen LogP contribution in [0.1, 0.15) is 51.9 Å². The van der Waals surface area contributed by atoms with Crippen molar-refractivity contribution in [2.45, 2.75) is 56.8 Å². The SMILES string of the molecule is CCCCCCCCSCCCSc1cccc(O)c1. The first-order valence-electron chi connectivity index (χ1n) is 7.82. The van der Waals surface area contributed by atoms with Crippen LogP contribution in [0, 0.1) is 0 Å². The molecule has 3 heteroatoms. The number of thioether (sulfide) groups is 2. The van der Waals surface area contributed by atoms with E-state index in [4.69, 9.17) is 0 Å². The highest BCUT2D eigenvalue weighted by atomic mass is 32.2. The highest BCUT2D eigenvalue weighted by molar-refractivity contribution is 8.00. The number of aromatic hydroxyl groups is 1. The lowest BCUT2D eigenvalue weighted by Gasteiger charge is -2.03. The first-order chi connectivity index (χ1) is 9.83. The maximum absolute atomic E-state index is 9.37. The van der Waals surface area contributed by atoms with Gasteiger partial charge in [0.2, 0.25) is 0 Å². The highest BCUT2D eigenvalue weighted by Gasteiger charge is 1.96. The van der Waals surface area contributed by atoms with Gasteiger partial charge in [0.15, 0.2) is 0 Å². The van der Waals surface area contributed by atoms with E-state index in [0.29, 0.717) is 5.75 Å². The van der Waals surface area contributed by atoms with Crippen LogP contribution in [0.2, 0.25) is 0 Å². The molecule has 0 saturated heterocycles. The van der Waals surface area contributed by atoms with Gasteiger partial charge in [0, 0.05) is 4.90 Å². The zero-order valence-electron chi connectivity index (χ0n) is 12.6. The minimum Gasteiger partial charge on any atom is -0.508 e. The fourth-order valence-electron chi connectivity index (χ4n) is 2.01. The van der Waals surface area contributed by atoms with Crippen molar-refractivity contribution in [3.8, 4) is 5.75 Å². The molecule has 0 bridgehead atoms. The molecule has 0 aromatic heterocycles. The molecule has 0 heterocycles. The van der Waals surface area contributed by atoms with Crippen molar-refractivity contribution < 1.29 is 5.11 Å². The number of phenols is 1. The topological polar surface area (TPSA) is 20.2 Å². The summed E-state index contributed by atoms with van der Waals surface area (Å²) in [6.07, 6.45) is 9.62. The molecule has 1 rings (SSSR count). The smallest absolute Gasteiger partial charge is 0.116 e. The molecule has 0 aliphatic carbocycles. The molecule has 0 saturated carbocycles. The van der Waals surface area contributed by atoms with E-state index in [1.807, 2.05) is 23.9 Å². The molecule has 20 heavy (non-hydrogen) atoms. The molecule has 0 atom stereocenters. The number of benzene rings is 1. The molecule has 1 nitrogen and oxygen atoms in total. The van der Waals surface area contributed by atoms with Crippen molar-refractivity contribution in [2.24, 2.45) is 0 Å². The number of unbranched alkanes of at least 4 members (excludes halogenated alkanes) is 5. The summed E-state index contributed by atoms with van der Waals surface area (Å²) in [7, 11) is 0. The van der Waals surface area contributed by atoms with Crippen LogP contribution >= 0.6 is 23.5 Å². The lowest BCUT2D eigenvalue weighted by atomic mass is 10.1. The molecule has 0 aliphatic heterocycles. The fourth-order valence-corrected chi connectivity index (χ4v) is 4.06. The average Bonchev–Trinajstić information content (AvgIpc) is 2.45. The quantitative estimate of drug-likeness (QED) is 0.379. The molecule has 0 spiro atoms. The lowest BCUT2D eigenvalue weighted by Crippen LogP contribution is -1.87. The van der Waals surface area contributed by atoms with Crippen LogP contribution in [0.5, 0.6) is 5.75 Å². The second-order valence-corrected chi connectivity index (χ2v) is 7.47. The van der Waals surface area contributed by atoms with E-state index >= 15 is 0 Å². The van der Waals surface area contributed by atoms with E-state index in [0.717, 1.165) is 5.75 Å². The summed E-state index contributed by atoms with van der Waals surface area (Å²) < 4.78 is 0. The minimum absolute atomic E-state index is 0.368. The predicted octanol–water partition coefficient (Wildman–Crippen LogP) is 5.97. The van der Waals surface area contributed by atoms with E-state index in [2.05, 4.69) is 24.8 Å². The molecule has 0 unspecified atom stereocenters. The average molecular weight is 313 g/mol. The summed E-state index contributed by atoms with van der Waals surface area (Å²) in [5.74, 6) is 4.10. The van der Waals surface area contributed by atoms with Crippen molar-refractivity contribution in [3.63, 3.8) is 0 Å². The normalized spacial score (nSPS) is 10.8. The van der Waals surface area contributed by atoms with E-state index in [1.165, 1.54) is 61.3 Å². The predicted molar refractivity (Wildman–Crippen MR) is 94.1 cm³/mol. The van der Waals surface area contributed by atoms with Crippen molar-refractivity contribution in [2.75, 3.05) is 17.3 Å². The number of hydrogen-bond donors (Lipinski definition) is 1. The zero-order chi connectivity index (χ0) is 14.5. The summed E-state index contributed by atoms with van der Waals surface area (Å²) in [6.45, 7) is 2.27. The summed E-state index contributed by atoms with van der Waals surface area (Å²) in [5.41, 5.74) is 0. The molecular formula is C17H28OS2. The largest absolute Gasteiger partial charge is 0.508 e. The second-order valence-electron chi connectivity index (χ2n) is 5.08. The van der Waals surface area contributed by atoms with E-state index < -0.39 is 0 Å². The molecular weight excluding hydrogens is 284 g/mol. The maximum atomic E-state index is 9.37. The third-order valence-electron chi connectivity index (χ3n) is 3.16. The van der Waals surface area contributed by atoms with Crippen LogP contribution in [0.3, 0.4) is 0 Å². The Bertz CT molecular complexity index is 342. The monoisotopic (exact) mass is 312 g/mol. The minimum atomic E-state index is 0.368. The molecule has 114 valence electrons. The molecule has 1 aromatic carbocycles. The van der Waals surface area contributed by atoms with Gasteiger partial charge in [-0.25, -0.2) is 0 Å². The molecule has 0 amide bonds. The summed E-state index contributed by atoms with van der Waals surface area (Å²) in [6, 6.07) is 7.54. The van der Waals surface area contributed by atoms with Gasteiger partial charge in [-0.15, -0.1) is 11.8 Å². The first kappa shape index (κ1) is 17.8. The Morgan fingerprint density at radius 2 is 1.65 bits per heavy atom. The van der Waals surface area contributed by atoms with Gasteiger partial charge in [0.25, 0.3) is 0 Å². The van der Waals surface area contributed by atoms with Gasteiger partial charge in [-0.3, -0.25) is 0 Å². The maximum Gasteiger partial charge on any atom is 0.116 e. The first-order valence-corrected chi connectivity index (χ1v) is 9.96. The van der Waals surface area contributed by atoms with Crippen molar-refractivity contribution in [3.05, 3.63) is 24.3 Å². The number of rotatable bonds is 12. The van der Waals surface area contributed by atoms with Crippen LogP contribution < -0.4 is 0 Å². The van der Waals surface area contributed by atoms with Gasteiger partial charge in [-0.2, -0.15) is 11.8 Å². The van der Waals surface area contributed by atoms with Crippen LogP contribution in [0.25, 0.3) is 0 Å². The third-order valence-corrected chi connectivity index (χ3v) is 5.40. The van der Waals surface area contributed by atoms with Gasteiger partial charge in [0.1, 0.15) is 5.75 Å². The Kier molecular flexibility index (Phi) is 11.1. The molecule has 0 aliphatic rings. The molecule has 0 fully saturated rings. The Morgan fingerprint density at radius 1 is 0.900 bits per heavy atom. The van der Waals surface area contributed by atoms with Gasteiger partial charge < -0.3 is 5.11 Å². The standard InChI is InChI=1S/C17H28OS2/c1-2-3-4-5-6-7-12-19-13-9-14-20-17-11-8-10-16(18)15-17/h8,10-11,15,18H,2-7,9,12-14H2,1H3. The third kappa shape index (κ3) is 9.60. The number of hydrogen-bond acceptors (Lipinski definition) is 3. The Hall–Kier alpha value is -0.280. The zero-order valence-corrected chi connectivity index (χ0v) is 14.3. The number of phenolic OH excluding ortho intramolecular Hbond substituents is 1. The van der Waals surface area contributed by atoms with Gasteiger partial charge in [-0.05, 0) is 48.3 Å². The Balaban J connectivity index is 1.85. The Morgan fingerprint density at radius 3 is 2.45 bits per heavy atom. The summed E-state index contributed by atoms with van der Waals surface area (Å²) in [4.78, 5) is 1.17. The van der Waals surface area contributed by atoms with Crippen molar-refractivity contribution in [1.29, 1.82) is 0 Å². The second kappa shape index (κ2) is 12.5. The van der Waals surface area contributed by atoms with Gasteiger partial charge >= 0.3 is 0 Å².